The van der Waals surface area contributed by atoms with Gasteiger partial charge in [-0.05, 0) is 82.4 Å². The lowest BCUT2D eigenvalue weighted by Crippen LogP contribution is -2.73. The lowest BCUT2D eigenvalue weighted by molar-refractivity contribution is 0.622. The van der Waals surface area contributed by atoms with Gasteiger partial charge in [0, 0.05) is 16.7 Å². The van der Waals surface area contributed by atoms with Gasteiger partial charge in [0.2, 0.25) is 0 Å². The molecule has 5 heterocycles. The van der Waals surface area contributed by atoms with Gasteiger partial charge >= 0.3 is 20.9 Å². The molecule has 0 aliphatic carbocycles. The number of allylic oxidation sites excluding steroid dienone is 6. The zero-order valence-electron chi connectivity index (χ0n) is 29.5. The number of benzene rings is 5. The second-order valence-corrected chi connectivity index (χ2v) is 13.7. The minimum Gasteiger partial charge on any atom is -0.423 e. The Morgan fingerprint density at radius 3 is 1.56 bits per heavy atom. The minimum atomic E-state index is 0.0445. The van der Waals surface area contributed by atoms with Crippen molar-refractivity contribution in [3.8, 4) is 56.4 Å². The van der Waals surface area contributed by atoms with Crippen molar-refractivity contribution in [1.29, 1.82) is 0 Å². The van der Waals surface area contributed by atoms with Crippen LogP contribution < -0.4 is 0 Å². The van der Waals surface area contributed by atoms with Crippen LogP contribution in [0.15, 0.2) is 200 Å². The minimum absolute atomic E-state index is 0.0445. The molecular formula is C45H33B3N6. The molecule has 0 unspecified atom stereocenters. The number of hydrogen-bond acceptors (Lipinski definition) is 6. The smallest absolute Gasteiger partial charge is 0.381 e. The Hall–Kier alpha value is -6.86. The van der Waals surface area contributed by atoms with Crippen molar-refractivity contribution in [3.63, 3.8) is 0 Å². The Labute approximate surface area is 316 Å². The molecule has 0 atom stereocenters. The second-order valence-electron chi connectivity index (χ2n) is 13.7. The zero-order valence-corrected chi connectivity index (χ0v) is 29.5. The fourth-order valence-electron chi connectivity index (χ4n) is 7.83. The molecule has 6 aromatic rings. The number of rotatable bonds is 6. The molecule has 1 fully saturated rings. The van der Waals surface area contributed by atoms with Crippen molar-refractivity contribution < 1.29 is 0 Å². The van der Waals surface area contributed by atoms with Crippen LogP contribution in [0.2, 0.25) is 0 Å². The standard InChI is InChI=1S/C45H33B3N6/c1-4-15-34(16-5-1)37-21-14-22-38(31-37)44-49-43(36-19-8-3-9-20-36)50-45(51-44)39-23-24-41(42(32-39)35-17-6-2-7-18-35)40-25-30-54-47-27-10-12-28-52(47)46-26-11-13-29-53(46)48(54)33-40/h1-33H. The van der Waals surface area contributed by atoms with E-state index in [1.54, 1.807) is 0 Å². The number of fused-ring (bicyclic) bond motifs is 6. The maximum atomic E-state index is 5.15. The van der Waals surface area contributed by atoms with Gasteiger partial charge < -0.3 is 14.2 Å². The summed E-state index contributed by atoms with van der Waals surface area (Å²) in [7, 11) is 0. The van der Waals surface area contributed by atoms with E-state index < -0.39 is 0 Å². The van der Waals surface area contributed by atoms with Crippen LogP contribution in [0.5, 0.6) is 0 Å². The molecule has 1 saturated heterocycles. The first kappa shape index (κ1) is 31.8. The number of hydrogen-bond donors (Lipinski definition) is 0. The van der Waals surface area contributed by atoms with Crippen molar-refractivity contribution in [3.05, 3.63) is 206 Å². The van der Waals surface area contributed by atoms with E-state index in [4.69, 9.17) is 15.0 Å². The number of nitrogens with zero attached hydrogens (tertiary/aromatic N) is 6. The molecule has 9 heteroatoms. The molecular weight excluding hydrogens is 657 g/mol. The first-order chi connectivity index (χ1) is 26.8. The molecule has 252 valence electrons. The van der Waals surface area contributed by atoms with Crippen LogP contribution in [0, 0.1) is 0 Å². The van der Waals surface area contributed by atoms with Crippen LogP contribution in [0.25, 0.3) is 62.0 Å². The van der Waals surface area contributed by atoms with Gasteiger partial charge in [-0.15, -0.1) is 0 Å². The second kappa shape index (κ2) is 13.6. The van der Waals surface area contributed by atoms with E-state index in [1.807, 2.05) is 24.3 Å². The molecule has 0 spiro atoms. The van der Waals surface area contributed by atoms with Crippen molar-refractivity contribution in [1.82, 2.24) is 29.1 Å². The average Bonchev–Trinajstić information content (AvgIpc) is 3.27. The van der Waals surface area contributed by atoms with Gasteiger partial charge in [0.25, 0.3) is 0 Å². The maximum Gasteiger partial charge on any atom is 0.381 e. The van der Waals surface area contributed by atoms with Gasteiger partial charge in [-0.1, -0.05) is 151 Å². The lowest BCUT2D eigenvalue weighted by Gasteiger charge is -2.53. The van der Waals surface area contributed by atoms with Gasteiger partial charge in [0.15, 0.2) is 17.5 Å². The molecule has 0 N–H and O–H groups in total. The third-order valence-corrected chi connectivity index (χ3v) is 10.5. The van der Waals surface area contributed by atoms with Crippen molar-refractivity contribution in [2.45, 2.75) is 0 Å². The van der Waals surface area contributed by atoms with E-state index in [0.717, 1.165) is 44.5 Å². The highest BCUT2D eigenvalue weighted by atomic mass is 15.3. The number of aromatic nitrogens is 3. The predicted octanol–water partition coefficient (Wildman–Crippen LogP) is 9.29. The Balaban J connectivity index is 1.09. The van der Waals surface area contributed by atoms with Crippen molar-refractivity contribution in [2.24, 2.45) is 0 Å². The molecule has 5 aromatic carbocycles. The molecule has 54 heavy (non-hydrogen) atoms. The summed E-state index contributed by atoms with van der Waals surface area (Å²) in [5.74, 6) is 8.85. The molecule has 4 aliphatic heterocycles. The summed E-state index contributed by atoms with van der Waals surface area (Å²) in [5, 5.41) is 0. The summed E-state index contributed by atoms with van der Waals surface area (Å²) in [6.07, 6.45) is 17.4. The van der Waals surface area contributed by atoms with Crippen LogP contribution in [-0.4, -0.2) is 50.1 Å². The van der Waals surface area contributed by atoms with Crippen LogP contribution in [0.3, 0.4) is 0 Å². The molecule has 0 saturated carbocycles. The highest BCUT2D eigenvalue weighted by Crippen LogP contribution is 2.38. The topological polar surface area (TPSA) is 48.4 Å². The summed E-state index contributed by atoms with van der Waals surface area (Å²) in [5.41, 5.74) is 9.65. The Bertz CT molecular complexity index is 2530. The third-order valence-electron chi connectivity index (χ3n) is 10.5. The van der Waals surface area contributed by atoms with Gasteiger partial charge in [-0.2, -0.15) is 0 Å². The molecule has 1 aromatic heterocycles. The summed E-state index contributed by atoms with van der Waals surface area (Å²) in [6, 6.07) is 46.2. The predicted molar refractivity (Wildman–Crippen MR) is 223 cm³/mol. The van der Waals surface area contributed by atoms with Gasteiger partial charge in [0.1, 0.15) is 0 Å². The molecule has 0 bridgehead atoms. The van der Waals surface area contributed by atoms with E-state index >= 15 is 0 Å². The van der Waals surface area contributed by atoms with Crippen LogP contribution in [0.4, 0.5) is 0 Å². The van der Waals surface area contributed by atoms with E-state index in [0.29, 0.717) is 17.5 Å². The van der Waals surface area contributed by atoms with E-state index in [1.165, 1.54) is 5.57 Å². The van der Waals surface area contributed by atoms with E-state index in [2.05, 4.69) is 190 Å². The van der Waals surface area contributed by atoms with Crippen LogP contribution in [-0.2, 0) is 0 Å². The quantitative estimate of drug-likeness (QED) is 0.163. The zero-order chi connectivity index (χ0) is 35.8. The van der Waals surface area contributed by atoms with E-state index in [-0.39, 0.29) is 20.9 Å². The highest BCUT2D eigenvalue weighted by molar-refractivity contribution is 6.92. The molecule has 6 nitrogen and oxygen atoms in total. The van der Waals surface area contributed by atoms with Gasteiger partial charge in [-0.25, -0.2) is 15.0 Å². The van der Waals surface area contributed by atoms with Gasteiger partial charge in [-0.3, -0.25) is 0 Å². The van der Waals surface area contributed by atoms with Crippen LogP contribution in [0.1, 0.15) is 5.56 Å². The Morgan fingerprint density at radius 2 is 0.889 bits per heavy atom. The fourth-order valence-corrected chi connectivity index (χ4v) is 7.83. The Kier molecular flexibility index (Phi) is 8.02. The summed E-state index contributed by atoms with van der Waals surface area (Å²) in [6.45, 7) is 0.309. The first-order valence-electron chi connectivity index (χ1n) is 18.4. The molecule has 10 rings (SSSR count). The summed E-state index contributed by atoms with van der Waals surface area (Å²) < 4.78 is 7.24. The van der Waals surface area contributed by atoms with Crippen molar-refractivity contribution >= 4 is 26.5 Å². The molecule has 4 aliphatic rings. The van der Waals surface area contributed by atoms with Crippen LogP contribution >= 0.6 is 0 Å². The lowest BCUT2D eigenvalue weighted by atomic mass is 9.41. The monoisotopic (exact) mass is 690 g/mol. The largest absolute Gasteiger partial charge is 0.423 e. The fraction of sp³-hybridized carbons (Fsp3) is 0. The van der Waals surface area contributed by atoms with Crippen molar-refractivity contribution in [2.75, 3.05) is 0 Å². The Morgan fingerprint density at radius 1 is 0.370 bits per heavy atom. The third kappa shape index (κ3) is 5.80. The molecule has 0 amide bonds. The highest BCUT2D eigenvalue weighted by Gasteiger charge is 2.49. The maximum absolute atomic E-state index is 5.15. The summed E-state index contributed by atoms with van der Waals surface area (Å²) >= 11 is 0. The van der Waals surface area contributed by atoms with Gasteiger partial charge in [0.05, 0.1) is 0 Å². The SMILES string of the molecule is C1=CB2N3C=CC=CB3N3C=CC(c4ccc(-c5nc(-c6ccccc6)nc(-c6cccc(-c7ccccc7)c6)n5)cc4-c4ccccc4)=CB3N2C=C1. The van der Waals surface area contributed by atoms with E-state index in [9.17, 15) is 0 Å². The molecule has 0 radical (unpaired) electrons. The average molecular weight is 690 g/mol. The normalized spacial score (nSPS) is 15.3. The summed E-state index contributed by atoms with van der Waals surface area (Å²) in [4.78, 5) is 15.3. The first-order valence-corrected chi connectivity index (χ1v) is 18.4.